The lowest BCUT2D eigenvalue weighted by Crippen LogP contribution is -2.08. The zero-order chi connectivity index (χ0) is 16.1. The van der Waals surface area contributed by atoms with Crippen molar-refractivity contribution in [3.63, 3.8) is 0 Å². The van der Waals surface area contributed by atoms with Gasteiger partial charge in [-0.25, -0.2) is 4.79 Å². The maximum absolute atomic E-state index is 12.1. The Kier molecular flexibility index (Phi) is 5.47. The van der Waals surface area contributed by atoms with Crippen LogP contribution >= 0.6 is 0 Å². The highest BCUT2D eigenvalue weighted by atomic mass is 16.5. The lowest BCUT2D eigenvalue weighted by atomic mass is 9.86. The van der Waals surface area contributed by atoms with Gasteiger partial charge in [0.1, 0.15) is 17.1 Å². The van der Waals surface area contributed by atoms with Gasteiger partial charge in [-0.05, 0) is 43.2 Å². The van der Waals surface area contributed by atoms with Crippen molar-refractivity contribution in [1.82, 2.24) is 0 Å². The summed E-state index contributed by atoms with van der Waals surface area (Å²) in [6.45, 7) is 2.28. The topological polar surface area (TPSA) is 44.8 Å². The van der Waals surface area contributed by atoms with Crippen molar-refractivity contribution in [2.24, 2.45) is 5.92 Å². The van der Waals surface area contributed by atoms with E-state index in [2.05, 4.69) is 13.0 Å². The van der Waals surface area contributed by atoms with Crippen LogP contribution < -0.4 is 9.47 Å². The van der Waals surface area contributed by atoms with E-state index in [4.69, 9.17) is 14.2 Å². The lowest BCUT2D eigenvalue weighted by Gasteiger charge is -2.21. The van der Waals surface area contributed by atoms with E-state index in [0.29, 0.717) is 17.1 Å². The molecule has 0 saturated heterocycles. The monoisotopic (exact) mass is 304 g/mol. The molecule has 0 amide bonds. The number of carbonyl (C=O) groups excluding carboxylic acids is 1. The summed E-state index contributed by atoms with van der Waals surface area (Å²) >= 11 is 0. The molecule has 0 spiro atoms. The van der Waals surface area contributed by atoms with Gasteiger partial charge in [0.2, 0.25) is 0 Å². The lowest BCUT2D eigenvalue weighted by molar-refractivity contribution is 0.0597. The molecule has 0 bridgehead atoms. The molecule has 1 aromatic rings. The fourth-order valence-corrected chi connectivity index (χ4v) is 2.82. The number of benzene rings is 1. The third-order valence-corrected chi connectivity index (χ3v) is 4.23. The maximum atomic E-state index is 12.1. The van der Waals surface area contributed by atoms with E-state index in [1.165, 1.54) is 25.5 Å². The van der Waals surface area contributed by atoms with E-state index < -0.39 is 5.97 Å². The van der Waals surface area contributed by atoms with E-state index in [0.717, 1.165) is 24.3 Å². The summed E-state index contributed by atoms with van der Waals surface area (Å²) in [5.74, 6) is 1.52. The molecule has 0 aromatic heterocycles. The Morgan fingerprint density at radius 3 is 2.36 bits per heavy atom. The van der Waals surface area contributed by atoms with Gasteiger partial charge < -0.3 is 14.2 Å². The summed E-state index contributed by atoms with van der Waals surface area (Å²) in [5, 5.41) is 0. The summed E-state index contributed by atoms with van der Waals surface area (Å²) in [4.78, 5) is 12.1. The van der Waals surface area contributed by atoms with Gasteiger partial charge >= 0.3 is 5.97 Å². The first kappa shape index (κ1) is 16.4. The summed E-state index contributed by atoms with van der Waals surface area (Å²) in [6, 6.07) is 3.57. The first-order valence-electron chi connectivity index (χ1n) is 7.62. The molecular weight excluding hydrogens is 280 g/mol. The number of carbonyl (C=O) groups is 1. The Morgan fingerprint density at radius 1 is 1.14 bits per heavy atom. The molecule has 22 heavy (non-hydrogen) atoms. The fraction of sp³-hybridized carbons (Fsp3) is 0.500. The van der Waals surface area contributed by atoms with Crippen molar-refractivity contribution < 1.29 is 19.0 Å². The molecule has 1 aliphatic rings. The zero-order valence-electron chi connectivity index (χ0n) is 13.8. The molecular formula is C18H24O4. The van der Waals surface area contributed by atoms with E-state index in [9.17, 15) is 4.79 Å². The van der Waals surface area contributed by atoms with Crippen molar-refractivity contribution in [1.29, 1.82) is 0 Å². The fourth-order valence-electron chi connectivity index (χ4n) is 2.82. The van der Waals surface area contributed by atoms with Gasteiger partial charge in [0, 0.05) is 6.07 Å². The van der Waals surface area contributed by atoms with Crippen LogP contribution in [0.4, 0.5) is 0 Å². The Hall–Kier alpha value is -1.97. The Bertz CT molecular complexity index is 565. The Morgan fingerprint density at radius 2 is 1.82 bits per heavy atom. The predicted molar refractivity (Wildman–Crippen MR) is 86.5 cm³/mol. The van der Waals surface area contributed by atoms with Crippen LogP contribution in [0.2, 0.25) is 0 Å². The van der Waals surface area contributed by atoms with Crippen LogP contribution in [0.25, 0.3) is 6.08 Å². The number of hydrogen-bond donors (Lipinski definition) is 0. The summed E-state index contributed by atoms with van der Waals surface area (Å²) in [7, 11) is 4.53. The minimum absolute atomic E-state index is 0.393. The highest BCUT2D eigenvalue weighted by Gasteiger charge is 2.20. The summed E-state index contributed by atoms with van der Waals surface area (Å²) < 4.78 is 15.6. The molecule has 4 heteroatoms. The quantitative estimate of drug-likeness (QED) is 0.786. The predicted octanol–water partition coefficient (Wildman–Crippen LogP) is 4.08. The molecule has 0 aliphatic heterocycles. The number of hydrogen-bond acceptors (Lipinski definition) is 4. The molecule has 1 fully saturated rings. The Balaban J connectivity index is 2.47. The molecule has 0 N–H and O–H groups in total. The number of methoxy groups -OCH3 is 3. The van der Waals surface area contributed by atoms with Gasteiger partial charge in [-0.3, -0.25) is 0 Å². The van der Waals surface area contributed by atoms with Crippen molar-refractivity contribution >= 4 is 12.0 Å². The van der Waals surface area contributed by atoms with Crippen molar-refractivity contribution in [2.75, 3.05) is 21.3 Å². The first-order chi connectivity index (χ1) is 10.6. The average molecular weight is 304 g/mol. The zero-order valence-corrected chi connectivity index (χ0v) is 13.8. The molecule has 1 aliphatic carbocycles. The van der Waals surface area contributed by atoms with Gasteiger partial charge in [0.05, 0.1) is 21.3 Å². The van der Waals surface area contributed by atoms with E-state index >= 15 is 0 Å². The van der Waals surface area contributed by atoms with Crippen LogP contribution in [-0.2, 0) is 4.74 Å². The molecule has 120 valence electrons. The van der Waals surface area contributed by atoms with E-state index in [1.807, 2.05) is 6.07 Å². The molecule has 0 radical (unpaired) electrons. The Labute approximate surface area is 132 Å². The van der Waals surface area contributed by atoms with Gasteiger partial charge in [-0.1, -0.05) is 18.6 Å². The molecule has 0 atom stereocenters. The summed E-state index contributed by atoms with van der Waals surface area (Å²) in [6.07, 6.45) is 6.62. The van der Waals surface area contributed by atoms with Crippen LogP contribution in [0.15, 0.2) is 17.7 Å². The highest BCUT2D eigenvalue weighted by Crippen LogP contribution is 2.34. The number of allylic oxidation sites excluding steroid dienone is 1. The number of ether oxygens (including phenoxy) is 3. The molecule has 0 unspecified atom stereocenters. The third kappa shape index (κ3) is 3.62. The standard InChI is InChI=1S/C18H24O4/c1-12-5-7-13(8-6-12)9-14-10-15(20-2)11-16(21-3)17(14)18(19)22-4/h9-12H,5-8H2,1-4H3. The van der Waals surface area contributed by atoms with Crippen LogP contribution in [0.3, 0.4) is 0 Å². The second-order valence-electron chi connectivity index (χ2n) is 5.77. The minimum Gasteiger partial charge on any atom is -0.497 e. The van der Waals surface area contributed by atoms with E-state index in [1.54, 1.807) is 20.3 Å². The average Bonchev–Trinajstić information content (AvgIpc) is 2.55. The molecule has 2 rings (SSSR count). The third-order valence-electron chi connectivity index (χ3n) is 4.23. The maximum Gasteiger partial charge on any atom is 0.342 e. The van der Waals surface area contributed by atoms with Crippen molar-refractivity contribution in [2.45, 2.75) is 32.6 Å². The second kappa shape index (κ2) is 7.34. The smallest absolute Gasteiger partial charge is 0.342 e. The van der Waals surface area contributed by atoms with Gasteiger partial charge in [-0.2, -0.15) is 0 Å². The normalized spacial score (nSPS) is 17.8. The first-order valence-corrected chi connectivity index (χ1v) is 7.62. The SMILES string of the molecule is COC(=O)c1c(C=C2CCC(C)CC2)cc(OC)cc1OC. The number of rotatable bonds is 4. The van der Waals surface area contributed by atoms with Gasteiger partial charge in [0.25, 0.3) is 0 Å². The minimum atomic E-state index is -0.393. The van der Waals surface area contributed by atoms with E-state index in [-0.39, 0.29) is 0 Å². The van der Waals surface area contributed by atoms with Crippen LogP contribution in [0, 0.1) is 5.92 Å². The van der Waals surface area contributed by atoms with Crippen LogP contribution in [-0.4, -0.2) is 27.3 Å². The van der Waals surface area contributed by atoms with Crippen LogP contribution in [0.5, 0.6) is 11.5 Å². The van der Waals surface area contributed by atoms with Gasteiger partial charge in [-0.15, -0.1) is 0 Å². The molecule has 0 heterocycles. The molecule has 4 nitrogen and oxygen atoms in total. The largest absolute Gasteiger partial charge is 0.497 e. The second-order valence-corrected chi connectivity index (χ2v) is 5.77. The molecule has 1 saturated carbocycles. The highest BCUT2D eigenvalue weighted by molar-refractivity contribution is 5.97. The number of esters is 1. The van der Waals surface area contributed by atoms with Crippen LogP contribution in [0.1, 0.15) is 48.5 Å². The van der Waals surface area contributed by atoms with Gasteiger partial charge in [0.15, 0.2) is 0 Å². The molecule has 1 aromatic carbocycles. The summed E-state index contributed by atoms with van der Waals surface area (Å²) in [5.41, 5.74) is 2.61. The van der Waals surface area contributed by atoms with Crippen molar-refractivity contribution in [3.05, 3.63) is 28.8 Å². The van der Waals surface area contributed by atoms with Crippen molar-refractivity contribution in [3.8, 4) is 11.5 Å².